The first kappa shape index (κ1) is 24.9. The molecule has 1 aliphatic rings. The first-order valence-corrected chi connectivity index (χ1v) is 10.2. The largest absolute Gasteiger partial charge is 0.454 e. The zero-order valence-electron chi connectivity index (χ0n) is 18.8. The van der Waals surface area contributed by atoms with Crippen molar-refractivity contribution in [1.29, 1.82) is 0 Å². The summed E-state index contributed by atoms with van der Waals surface area (Å²) in [6, 6.07) is 0. The highest BCUT2D eigenvalue weighted by molar-refractivity contribution is 5.68. The molecule has 0 fully saturated rings. The van der Waals surface area contributed by atoms with E-state index >= 15 is 0 Å². The van der Waals surface area contributed by atoms with E-state index in [1.54, 1.807) is 0 Å². The SMILES string of the molecule is CC(=O)O[C@@H]1/C(C(C)C)=C\C=C(/C)C[C@@H](O)/C=C(\C)CC/C=C(\C)[C@H]1OC(C)=O. The number of aliphatic hydroxyl groups excluding tert-OH is 1. The second-order valence-electron chi connectivity index (χ2n) is 8.17. The van der Waals surface area contributed by atoms with Crippen molar-refractivity contribution in [3.05, 3.63) is 46.6 Å². The molecular weight excluding hydrogens is 368 g/mol. The minimum absolute atomic E-state index is 0.0641. The molecule has 0 aromatic rings. The zero-order valence-corrected chi connectivity index (χ0v) is 18.8. The molecule has 3 atom stereocenters. The highest BCUT2D eigenvalue weighted by atomic mass is 16.6. The third-order valence-corrected chi connectivity index (χ3v) is 4.88. The number of esters is 2. The molecule has 162 valence electrons. The topological polar surface area (TPSA) is 72.8 Å². The van der Waals surface area contributed by atoms with E-state index in [2.05, 4.69) is 0 Å². The Morgan fingerprint density at radius 3 is 2.14 bits per heavy atom. The summed E-state index contributed by atoms with van der Waals surface area (Å²) in [5.74, 6) is -0.785. The summed E-state index contributed by atoms with van der Waals surface area (Å²) >= 11 is 0. The number of allylic oxidation sites excluding steroid dienone is 4. The minimum atomic E-state index is -0.707. The van der Waals surface area contributed by atoms with Gasteiger partial charge in [-0.15, -0.1) is 0 Å². The molecule has 0 radical (unpaired) electrons. The van der Waals surface area contributed by atoms with Crippen LogP contribution in [0.3, 0.4) is 0 Å². The molecule has 29 heavy (non-hydrogen) atoms. The third-order valence-electron chi connectivity index (χ3n) is 4.88. The standard InChI is InChI=1S/C24H36O5/c1-15(2)22-12-11-17(4)14-21(27)13-16(3)9-8-10-18(5)23(28-19(6)25)24(22)29-20(7)26/h10-13,15,21,23-24,27H,8-9,14H2,1-7H3/b16-13+,17-11+,18-10+,22-12-/t21-,23+,24+/m0/s1. The lowest BCUT2D eigenvalue weighted by molar-refractivity contribution is -0.160. The second-order valence-corrected chi connectivity index (χ2v) is 8.17. The maximum Gasteiger partial charge on any atom is 0.303 e. The molecule has 0 aromatic heterocycles. The van der Waals surface area contributed by atoms with Crippen molar-refractivity contribution in [2.24, 2.45) is 5.92 Å². The van der Waals surface area contributed by atoms with Gasteiger partial charge in [0.15, 0.2) is 12.2 Å². The van der Waals surface area contributed by atoms with Crippen molar-refractivity contribution in [2.75, 3.05) is 0 Å². The smallest absolute Gasteiger partial charge is 0.303 e. The molecule has 1 rings (SSSR count). The van der Waals surface area contributed by atoms with E-state index < -0.39 is 30.3 Å². The monoisotopic (exact) mass is 404 g/mol. The molecule has 5 nitrogen and oxygen atoms in total. The van der Waals surface area contributed by atoms with Crippen LogP contribution in [0.5, 0.6) is 0 Å². The van der Waals surface area contributed by atoms with E-state index in [9.17, 15) is 14.7 Å². The Hall–Kier alpha value is -2.14. The Labute approximate surface area is 175 Å². The van der Waals surface area contributed by atoms with Crippen molar-refractivity contribution >= 4 is 11.9 Å². The quantitative estimate of drug-likeness (QED) is 0.539. The van der Waals surface area contributed by atoms with Gasteiger partial charge in [0.1, 0.15) is 0 Å². The van der Waals surface area contributed by atoms with Gasteiger partial charge in [0.2, 0.25) is 0 Å². The molecule has 0 unspecified atom stereocenters. The van der Waals surface area contributed by atoms with Gasteiger partial charge in [-0.2, -0.15) is 0 Å². The van der Waals surface area contributed by atoms with Gasteiger partial charge in [-0.1, -0.05) is 49.3 Å². The molecule has 0 heterocycles. The predicted molar refractivity (Wildman–Crippen MR) is 115 cm³/mol. The highest BCUT2D eigenvalue weighted by Crippen LogP contribution is 2.28. The van der Waals surface area contributed by atoms with Crippen LogP contribution >= 0.6 is 0 Å². The van der Waals surface area contributed by atoms with Crippen molar-refractivity contribution in [3.8, 4) is 0 Å². The van der Waals surface area contributed by atoms with Crippen LogP contribution in [0.15, 0.2) is 46.6 Å². The fourth-order valence-corrected chi connectivity index (χ4v) is 3.42. The van der Waals surface area contributed by atoms with Gasteiger partial charge < -0.3 is 14.6 Å². The van der Waals surface area contributed by atoms with E-state index in [1.165, 1.54) is 13.8 Å². The first-order valence-electron chi connectivity index (χ1n) is 10.2. The Bertz CT molecular complexity index is 709. The fraction of sp³-hybridized carbons (Fsp3) is 0.583. The van der Waals surface area contributed by atoms with Gasteiger partial charge in [-0.3, -0.25) is 9.59 Å². The van der Waals surface area contributed by atoms with Gasteiger partial charge in [-0.05, 0) is 57.1 Å². The third kappa shape index (κ3) is 8.82. The lowest BCUT2D eigenvalue weighted by Gasteiger charge is -2.31. The number of hydrogen-bond donors (Lipinski definition) is 1. The average molecular weight is 405 g/mol. The van der Waals surface area contributed by atoms with Crippen molar-refractivity contribution < 1.29 is 24.2 Å². The lowest BCUT2D eigenvalue weighted by Crippen LogP contribution is -2.38. The van der Waals surface area contributed by atoms with Crippen molar-refractivity contribution in [2.45, 2.75) is 86.0 Å². The van der Waals surface area contributed by atoms with Crippen LogP contribution in [0, 0.1) is 5.92 Å². The number of rotatable bonds is 3. The van der Waals surface area contributed by atoms with Gasteiger partial charge in [0.25, 0.3) is 0 Å². The van der Waals surface area contributed by atoms with Crippen LogP contribution in [0.25, 0.3) is 0 Å². The number of carbonyl (C=O) groups is 2. The Morgan fingerprint density at radius 2 is 1.59 bits per heavy atom. The Kier molecular flexibility index (Phi) is 10.1. The van der Waals surface area contributed by atoms with Gasteiger partial charge >= 0.3 is 11.9 Å². The Balaban J connectivity index is 3.56. The van der Waals surface area contributed by atoms with Crippen LogP contribution in [0.2, 0.25) is 0 Å². The first-order chi connectivity index (χ1) is 13.5. The summed E-state index contributed by atoms with van der Waals surface area (Å²) < 4.78 is 11.3. The fourth-order valence-electron chi connectivity index (χ4n) is 3.42. The zero-order chi connectivity index (χ0) is 22.1. The minimum Gasteiger partial charge on any atom is -0.454 e. The number of aliphatic hydroxyl groups is 1. The van der Waals surface area contributed by atoms with E-state index in [0.717, 1.165) is 35.1 Å². The molecule has 1 N–H and O–H groups in total. The summed E-state index contributed by atoms with van der Waals surface area (Å²) in [5, 5.41) is 10.3. The summed E-state index contributed by atoms with van der Waals surface area (Å²) in [6.45, 7) is 12.6. The maximum absolute atomic E-state index is 11.9. The van der Waals surface area contributed by atoms with E-state index in [1.807, 2.05) is 58.9 Å². The average Bonchev–Trinajstić information content (AvgIpc) is 2.56. The van der Waals surface area contributed by atoms with E-state index in [0.29, 0.717) is 6.42 Å². The van der Waals surface area contributed by atoms with E-state index in [4.69, 9.17) is 9.47 Å². The predicted octanol–water partition coefficient (Wildman–Crippen LogP) is 4.82. The van der Waals surface area contributed by atoms with Crippen molar-refractivity contribution in [1.82, 2.24) is 0 Å². The van der Waals surface area contributed by atoms with Gasteiger partial charge in [-0.25, -0.2) is 0 Å². The summed E-state index contributed by atoms with van der Waals surface area (Å²) in [5.41, 5.74) is 3.81. The summed E-state index contributed by atoms with van der Waals surface area (Å²) in [4.78, 5) is 23.7. The summed E-state index contributed by atoms with van der Waals surface area (Å²) in [7, 11) is 0. The van der Waals surface area contributed by atoms with Crippen LogP contribution in [-0.4, -0.2) is 35.4 Å². The number of carbonyl (C=O) groups excluding carboxylic acids is 2. The molecular formula is C24H36O5. The van der Waals surface area contributed by atoms with Gasteiger partial charge in [0.05, 0.1) is 6.10 Å². The summed E-state index contributed by atoms with van der Waals surface area (Å²) in [6.07, 6.45) is 7.89. The van der Waals surface area contributed by atoms with Crippen LogP contribution in [-0.2, 0) is 19.1 Å². The highest BCUT2D eigenvalue weighted by Gasteiger charge is 2.33. The second kappa shape index (κ2) is 11.8. The molecule has 0 bridgehead atoms. The molecule has 0 amide bonds. The van der Waals surface area contributed by atoms with E-state index in [-0.39, 0.29) is 5.92 Å². The van der Waals surface area contributed by atoms with Crippen LogP contribution in [0.4, 0.5) is 0 Å². The lowest BCUT2D eigenvalue weighted by atomic mass is 9.89. The molecule has 5 heteroatoms. The normalized spacial score (nSPS) is 31.7. The number of ether oxygens (including phenoxy) is 2. The van der Waals surface area contributed by atoms with Crippen molar-refractivity contribution in [3.63, 3.8) is 0 Å². The maximum atomic E-state index is 11.9. The molecule has 1 aliphatic carbocycles. The molecule has 0 saturated carbocycles. The number of hydrogen-bond acceptors (Lipinski definition) is 5. The van der Waals surface area contributed by atoms with Crippen LogP contribution < -0.4 is 0 Å². The molecule has 0 saturated heterocycles. The van der Waals surface area contributed by atoms with Crippen LogP contribution in [0.1, 0.15) is 67.7 Å². The Morgan fingerprint density at radius 1 is 1.00 bits per heavy atom. The molecule has 0 aromatic carbocycles. The molecule has 0 spiro atoms. The molecule has 0 aliphatic heterocycles. The van der Waals surface area contributed by atoms with Gasteiger partial charge in [0, 0.05) is 13.8 Å².